The van der Waals surface area contributed by atoms with Gasteiger partial charge in [0, 0.05) is 12.1 Å². The predicted octanol–water partition coefficient (Wildman–Crippen LogP) is 3.86. The molecule has 165 valence electrons. The average Bonchev–Trinajstić information content (AvgIpc) is 2.73. The quantitative estimate of drug-likeness (QED) is 0.251. The van der Waals surface area contributed by atoms with Crippen molar-refractivity contribution in [1.82, 2.24) is 5.32 Å². The third-order valence-corrected chi connectivity index (χ3v) is 5.04. The molecular weight excluding hydrogens is 401 g/mol. The topological polar surface area (TPSA) is 93.0 Å². The maximum atomic E-state index is 10.4. The van der Waals surface area contributed by atoms with Crippen LogP contribution in [0, 0.1) is 0 Å². The molecule has 0 aliphatic carbocycles. The van der Waals surface area contributed by atoms with Crippen LogP contribution in [-0.2, 0) is 0 Å². The summed E-state index contributed by atoms with van der Waals surface area (Å²) >= 11 is 0. The van der Waals surface area contributed by atoms with E-state index in [4.69, 9.17) is 0 Å². The highest BCUT2D eigenvalue weighted by molar-refractivity contribution is 6.74. The van der Waals surface area contributed by atoms with Crippen molar-refractivity contribution in [1.29, 1.82) is 0 Å². The zero-order chi connectivity index (χ0) is 23.4. The smallest absolute Gasteiger partial charge is 0.203 e. The van der Waals surface area contributed by atoms with Crippen molar-refractivity contribution in [2.24, 2.45) is 0 Å². The van der Waals surface area contributed by atoms with E-state index in [1.165, 1.54) is 12.1 Å². The van der Waals surface area contributed by atoms with E-state index in [0.29, 0.717) is 23.0 Å². The Kier molecular flexibility index (Phi) is 7.16. The minimum Gasteiger partial charge on any atom is -0.505 e. The third kappa shape index (κ3) is 5.09. The summed E-state index contributed by atoms with van der Waals surface area (Å²) in [6.07, 6.45) is 0. The number of fused-ring (bicyclic) bond motifs is 2. The molecule has 0 heterocycles. The third-order valence-electron chi connectivity index (χ3n) is 5.04. The first-order chi connectivity index (χ1) is 15.2. The first kappa shape index (κ1) is 23.3. The van der Waals surface area contributed by atoms with Gasteiger partial charge in [-0.25, -0.2) is 0 Å². The highest BCUT2D eigenvalue weighted by Crippen LogP contribution is 2.31. The lowest BCUT2D eigenvalue weighted by molar-refractivity contribution is 0.407. The molecule has 1 radical (unpaired) electrons. The van der Waals surface area contributed by atoms with Crippen LogP contribution in [0.1, 0.15) is 27.7 Å². The molecule has 4 aromatic carbocycles. The summed E-state index contributed by atoms with van der Waals surface area (Å²) in [4.78, 5) is 0. The van der Waals surface area contributed by atoms with Gasteiger partial charge in [0.15, 0.2) is 23.0 Å². The van der Waals surface area contributed by atoms with Crippen molar-refractivity contribution in [3.05, 3.63) is 60.7 Å². The van der Waals surface area contributed by atoms with Gasteiger partial charge in [-0.15, -0.1) is 0 Å². The molecule has 0 aliphatic rings. The molecule has 5 nitrogen and oxygen atoms in total. The van der Waals surface area contributed by atoms with Crippen LogP contribution in [-0.4, -0.2) is 39.8 Å². The lowest BCUT2D eigenvalue weighted by Crippen LogP contribution is -2.29. The van der Waals surface area contributed by atoms with E-state index < -0.39 is 0 Å². The molecule has 0 saturated carbocycles. The summed E-state index contributed by atoms with van der Waals surface area (Å²) in [6, 6.07) is 18.9. The summed E-state index contributed by atoms with van der Waals surface area (Å²) in [7, 11) is 1.58. The van der Waals surface area contributed by atoms with Gasteiger partial charge >= 0.3 is 0 Å². The van der Waals surface area contributed by atoms with Crippen LogP contribution in [0.5, 0.6) is 23.0 Å². The molecule has 0 fully saturated rings. The lowest BCUT2D eigenvalue weighted by atomic mass is 9.60. The van der Waals surface area contributed by atoms with Crippen molar-refractivity contribution in [2.45, 2.75) is 39.8 Å². The fraction of sp³-hybridized carbons (Fsp3) is 0.231. The summed E-state index contributed by atoms with van der Waals surface area (Å²) < 4.78 is 0. The fourth-order valence-electron chi connectivity index (χ4n) is 3.80. The van der Waals surface area contributed by atoms with Gasteiger partial charge in [-0.1, -0.05) is 76.2 Å². The zero-order valence-electron chi connectivity index (χ0n) is 18.8. The Morgan fingerprint density at radius 1 is 0.625 bits per heavy atom. The molecule has 6 heteroatoms. The second-order valence-corrected chi connectivity index (χ2v) is 8.38. The normalized spacial score (nSPS) is 11.1. The minimum atomic E-state index is -0.273. The molecular formula is C26H29BNO4. The maximum Gasteiger partial charge on any atom is 0.203 e. The van der Waals surface area contributed by atoms with Gasteiger partial charge in [-0.2, -0.15) is 0 Å². The Morgan fingerprint density at radius 2 is 1.00 bits per heavy atom. The van der Waals surface area contributed by atoms with Crippen LogP contribution >= 0.6 is 0 Å². The standard InChI is InChI=1S/C20H14BO4.C6H15N/c22-15-9-11-5-1-3-7-13(11)17(19(15)24)21-18-14-8-4-2-6-12(14)10-16(23)20(18)25;1-5(2)7-6(3)4/h1-10,22-25H;5-7H,1-4H3. The number of benzene rings is 4. The second kappa shape index (κ2) is 9.83. The lowest BCUT2D eigenvalue weighted by Gasteiger charge is -2.14. The van der Waals surface area contributed by atoms with Crippen LogP contribution in [0.4, 0.5) is 0 Å². The van der Waals surface area contributed by atoms with E-state index in [-0.39, 0.29) is 23.0 Å². The highest BCUT2D eigenvalue weighted by atomic mass is 16.3. The SMILES string of the molecule is CC(C)NC(C)C.Oc1cc2ccccc2c([B]c2c(O)c(O)cc3ccccc23)c1O. The number of nitrogens with one attached hydrogen (secondary N) is 1. The van der Waals surface area contributed by atoms with Crippen molar-refractivity contribution in [2.75, 3.05) is 0 Å². The first-order valence-electron chi connectivity index (χ1n) is 10.7. The molecule has 0 unspecified atom stereocenters. The number of hydrogen-bond acceptors (Lipinski definition) is 5. The van der Waals surface area contributed by atoms with Crippen LogP contribution < -0.4 is 16.2 Å². The summed E-state index contributed by atoms with van der Waals surface area (Å²) in [6.45, 7) is 8.61. The predicted molar refractivity (Wildman–Crippen MR) is 133 cm³/mol. The Balaban J connectivity index is 0.000000360. The summed E-state index contributed by atoms with van der Waals surface area (Å²) in [5, 5.41) is 47.1. The van der Waals surface area contributed by atoms with Gasteiger partial charge in [0.2, 0.25) is 7.28 Å². The molecule has 0 spiro atoms. The molecule has 5 N–H and O–H groups in total. The van der Waals surface area contributed by atoms with Crippen molar-refractivity contribution in [3.8, 4) is 23.0 Å². The van der Waals surface area contributed by atoms with Crippen LogP contribution in [0.3, 0.4) is 0 Å². The van der Waals surface area contributed by atoms with E-state index in [1.807, 2.05) is 48.5 Å². The van der Waals surface area contributed by atoms with Crippen LogP contribution in [0.15, 0.2) is 60.7 Å². The molecule has 0 saturated heterocycles. The molecule has 4 rings (SSSR count). The van der Waals surface area contributed by atoms with Gasteiger partial charge in [-0.05, 0) is 44.6 Å². The molecule has 0 bridgehead atoms. The fourth-order valence-corrected chi connectivity index (χ4v) is 3.80. The first-order valence-corrected chi connectivity index (χ1v) is 10.7. The second-order valence-electron chi connectivity index (χ2n) is 8.38. The maximum absolute atomic E-state index is 10.4. The number of rotatable bonds is 4. The minimum absolute atomic E-state index is 0.242. The van der Waals surface area contributed by atoms with Crippen LogP contribution in [0.25, 0.3) is 21.5 Å². The number of phenols is 4. The molecule has 0 aromatic heterocycles. The van der Waals surface area contributed by atoms with Crippen LogP contribution in [0.2, 0.25) is 0 Å². The van der Waals surface area contributed by atoms with Crippen molar-refractivity contribution < 1.29 is 20.4 Å². The Morgan fingerprint density at radius 3 is 1.34 bits per heavy atom. The molecule has 32 heavy (non-hydrogen) atoms. The van der Waals surface area contributed by atoms with E-state index in [1.54, 1.807) is 7.28 Å². The van der Waals surface area contributed by atoms with E-state index in [9.17, 15) is 20.4 Å². The van der Waals surface area contributed by atoms with Gasteiger partial charge in [0.1, 0.15) is 0 Å². The van der Waals surface area contributed by atoms with E-state index in [2.05, 4.69) is 33.0 Å². The van der Waals surface area contributed by atoms with Gasteiger partial charge in [0.25, 0.3) is 0 Å². The molecule has 0 atom stereocenters. The number of aromatic hydroxyl groups is 4. The molecule has 4 aromatic rings. The molecule has 0 aliphatic heterocycles. The van der Waals surface area contributed by atoms with E-state index >= 15 is 0 Å². The van der Waals surface area contributed by atoms with Gasteiger partial charge in [-0.3, -0.25) is 0 Å². The zero-order valence-corrected chi connectivity index (χ0v) is 18.8. The largest absolute Gasteiger partial charge is 0.505 e. The Labute approximate surface area is 189 Å². The van der Waals surface area contributed by atoms with Crippen molar-refractivity contribution >= 4 is 39.8 Å². The van der Waals surface area contributed by atoms with Gasteiger partial charge < -0.3 is 25.7 Å². The van der Waals surface area contributed by atoms with E-state index in [0.717, 1.165) is 21.5 Å². The summed E-state index contributed by atoms with van der Waals surface area (Å²) in [5.74, 6) is -1.03. The highest BCUT2D eigenvalue weighted by Gasteiger charge is 2.19. The van der Waals surface area contributed by atoms with Crippen molar-refractivity contribution in [3.63, 3.8) is 0 Å². The monoisotopic (exact) mass is 430 g/mol. The molecule has 0 amide bonds. The van der Waals surface area contributed by atoms with Gasteiger partial charge in [0.05, 0.1) is 0 Å². The average molecular weight is 430 g/mol. The number of hydrogen-bond donors (Lipinski definition) is 5. The summed E-state index contributed by atoms with van der Waals surface area (Å²) in [5.41, 5.74) is 0.753. The Hall–Kier alpha value is -3.38. The number of phenolic OH excluding ortho intramolecular Hbond substituents is 4. The Bertz CT molecular complexity index is 1140.